The highest BCUT2D eigenvalue weighted by molar-refractivity contribution is 7.86. The predicted molar refractivity (Wildman–Crippen MR) is 63.6 cm³/mol. The zero-order valence-electron chi connectivity index (χ0n) is 10.3. The van der Waals surface area contributed by atoms with Gasteiger partial charge in [-0.15, -0.1) is 0 Å². The van der Waals surface area contributed by atoms with Crippen molar-refractivity contribution in [1.29, 1.82) is 0 Å². The normalized spacial score (nSPS) is 13.5. The monoisotopic (exact) mass is 316 g/mol. The molecule has 1 aromatic heterocycles. The lowest BCUT2D eigenvalue weighted by Crippen LogP contribution is -2.31. The van der Waals surface area contributed by atoms with Gasteiger partial charge in [0.2, 0.25) is 10.4 Å². The largest absolute Gasteiger partial charge is 0.726 e. The van der Waals surface area contributed by atoms with Crippen molar-refractivity contribution in [2.75, 3.05) is 0 Å². The lowest BCUT2D eigenvalue weighted by Gasteiger charge is -2.04. The first-order valence-corrected chi connectivity index (χ1v) is 7.94. The Morgan fingerprint density at radius 2 is 1.84 bits per heavy atom. The van der Waals surface area contributed by atoms with E-state index in [4.69, 9.17) is 22.1 Å². The van der Waals surface area contributed by atoms with Crippen LogP contribution in [0.25, 0.3) is 0 Å². The Hall–Kier alpha value is -1.01. The van der Waals surface area contributed by atoms with Gasteiger partial charge in [0.15, 0.2) is 0 Å². The Morgan fingerprint density at radius 1 is 1.37 bits per heavy atom. The van der Waals surface area contributed by atoms with Crippen LogP contribution in [0.2, 0.25) is 0 Å². The van der Waals surface area contributed by atoms with Gasteiger partial charge in [-0.25, -0.2) is 18.0 Å². The third-order valence-corrected chi connectivity index (χ3v) is 3.52. The summed E-state index contributed by atoms with van der Waals surface area (Å²) < 4.78 is 64.9. The van der Waals surface area contributed by atoms with Gasteiger partial charge in [-0.2, -0.15) is 8.42 Å². The van der Waals surface area contributed by atoms with E-state index in [9.17, 15) is 8.42 Å². The van der Waals surface area contributed by atoms with Gasteiger partial charge in [0.25, 0.3) is 15.9 Å². The zero-order chi connectivity index (χ0) is 15.3. The first-order chi connectivity index (χ1) is 8.41. The van der Waals surface area contributed by atoms with Crippen molar-refractivity contribution < 1.29 is 35.1 Å². The summed E-state index contributed by atoms with van der Waals surface area (Å²) in [6.07, 6.45) is 4.65. The number of aromatic nitrogens is 2. The fourth-order valence-electron chi connectivity index (χ4n) is 1.17. The van der Waals surface area contributed by atoms with Crippen molar-refractivity contribution in [3.8, 4) is 0 Å². The van der Waals surface area contributed by atoms with Crippen LogP contribution in [0, 0.1) is 0 Å². The molecule has 1 rings (SSSR count). The van der Waals surface area contributed by atoms with E-state index in [1.54, 1.807) is 6.20 Å². The van der Waals surface area contributed by atoms with E-state index in [0.717, 1.165) is 5.82 Å². The van der Waals surface area contributed by atoms with Gasteiger partial charge in [0, 0.05) is 0 Å². The molecule has 0 aliphatic heterocycles. The number of hydrogen-bond donors (Lipinski definition) is 3. The van der Waals surface area contributed by atoms with Crippen LogP contribution in [-0.2, 0) is 34.0 Å². The number of nitrogens with one attached hydrogen (secondary N) is 1. The van der Waals surface area contributed by atoms with E-state index in [1.165, 1.54) is 6.92 Å². The van der Waals surface area contributed by atoms with E-state index in [0.29, 0.717) is 12.8 Å². The lowest BCUT2D eigenvalue weighted by molar-refractivity contribution is -0.677. The Morgan fingerprint density at radius 3 is 2.16 bits per heavy atom. The van der Waals surface area contributed by atoms with Gasteiger partial charge in [0.05, 0.1) is 18.7 Å². The van der Waals surface area contributed by atoms with Crippen LogP contribution < -0.4 is 4.57 Å². The number of hydrogen-bond acceptors (Lipinski definition) is 5. The minimum Gasteiger partial charge on any atom is -0.726 e. The molecule has 0 aliphatic carbocycles. The summed E-state index contributed by atoms with van der Waals surface area (Å²) in [6, 6.07) is 0. The number of imidazole rings is 1. The predicted octanol–water partition coefficient (Wildman–Crippen LogP) is -0.947. The van der Waals surface area contributed by atoms with Crippen molar-refractivity contribution in [2.24, 2.45) is 7.05 Å². The second-order valence-electron chi connectivity index (χ2n) is 3.81. The summed E-state index contributed by atoms with van der Waals surface area (Å²) in [5.74, 6) is 0.945. The third-order valence-electron chi connectivity index (χ3n) is 2.27. The molecule has 0 amide bonds. The highest BCUT2D eigenvalue weighted by Gasteiger charge is 2.19. The number of aryl methyl sites for hydroxylation is 2. The molecule has 0 saturated heterocycles. The van der Waals surface area contributed by atoms with Crippen LogP contribution in [-0.4, -0.2) is 40.7 Å². The van der Waals surface area contributed by atoms with Gasteiger partial charge in [-0.1, -0.05) is 0 Å². The molecule has 0 saturated carbocycles. The van der Waals surface area contributed by atoms with Gasteiger partial charge in [0.1, 0.15) is 12.4 Å². The molecule has 1 unspecified atom stereocenters. The molecule has 19 heavy (non-hydrogen) atoms. The van der Waals surface area contributed by atoms with Crippen molar-refractivity contribution >= 4 is 20.5 Å². The van der Waals surface area contributed by atoms with E-state index in [-0.39, 0.29) is 0 Å². The van der Waals surface area contributed by atoms with E-state index in [1.807, 2.05) is 17.8 Å². The van der Waals surface area contributed by atoms with E-state index >= 15 is 0 Å². The van der Waals surface area contributed by atoms with Gasteiger partial charge >= 0.3 is 0 Å². The molecule has 112 valence electrons. The molecule has 1 heterocycles. The lowest BCUT2D eigenvalue weighted by atomic mass is 10.2. The van der Waals surface area contributed by atoms with E-state index < -0.39 is 25.8 Å². The Kier molecular flexibility index (Phi) is 6.59. The fraction of sp³-hybridized carbons (Fsp3) is 0.625. The summed E-state index contributed by atoms with van der Waals surface area (Å²) in [7, 11) is -6.93. The molecule has 11 heteroatoms. The summed E-state index contributed by atoms with van der Waals surface area (Å²) in [6.45, 7) is 1.50. The Bertz CT molecular complexity index is 582. The SMILES string of the molecule is CC(CCc1[nH]cc[n+]1C)S(=O)(=O)O.O=S(=O)([O-])O. The second-order valence-corrected chi connectivity index (χ2v) is 6.50. The molecule has 0 bridgehead atoms. The number of H-pyrrole nitrogens is 1. The molecule has 9 nitrogen and oxygen atoms in total. The molecular formula is C8H16N2O7S2. The molecule has 0 spiro atoms. The number of nitrogens with zero attached hydrogens (tertiary/aromatic N) is 1. The van der Waals surface area contributed by atoms with E-state index in [2.05, 4.69) is 4.98 Å². The topological polar surface area (TPSA) is 151 Å². The average molecular weight is 316 g/mol. The standard InChI is InChI=1S/C8H14N2O3S.H2O4S/c1-7(14(11,12)13)3-4-8-9-5-6-10(8)2;1-5(2,3)4/h5-7H,3-4H2,1-2H3,(H,11,12,13);(H2,1,2,3,4). The fourth-order valence-corrected chi connectivity index (χ4v) is 1.59. The van der Waals surface area contributed by atoms with Crippen LogP contribution in [0.15, 0.2) is 12.4 Å². The minimum absolute atomic E-state index is 0.410. The minimum atomic E-state index is -4.92. The Labute approximate surface area is 111 Å². The van der Waals surface area contributed by atoms with Crippen LogP contribution in [0.4, 0.5) is 0 Å². The van der Waals surface area contributed by atoms with Crippen LogP contribution >= 0.6 is 0 Å². The van der Waals surface area contributed by atoms with Crippen molar-refractivity contribution in [3.05, 3.63) is 18.2 Å². The molecule has 0 aromatic carbocycles. The first-order valence-electron chi connectivity index (χ1n) is 5.07. The molecule has 3 N–H and O–H groups in total. The first kappa shape index (κ1) is 18.0. The maximum Gasteiger partial charge on any atom is 0.267 e. The molecule has 0 radical (unpaired) electrons. The summed E-state index contributed by atoms with van der Waals surface area (Å²) in [5, 5.41) is -0.717. The van der Waals surface area contributed by atoms with Crippen LogP contribution in [0.1, 0.15) is 19.2 Å². The summed E-state index contributed by atoms with van der Waals surface area (Å²) in [5.41, 5.74) is 0. The molecule has 1 atom stereocenters. The van der Waals surface area contributed by atoms with Crippen molar-refractivity contribution in [1.82, 2.24) is 4.98 Å². The molecule has 0 fully saturated rings. The maximum absolute atomic E-state index is 10.7. The zero-order valence-corrected chi connectivity index (χ0v) is 12.0. The maximum atomic E-state index is 10.7. The highest BCUT2D eigenvalue weighted by atomic mass is 32.3. The molecule has 0 aliphatic rings. The Balaban J connectivity index is 0.000000555. The van der Waals surface area contributed by atoms with Crippen molar-refractivity contribution in [2.45, 2.75) is 25.0 Å². The highest BCUT2D eigenvalue weighted by Crippen LogP contribution is 2.05. The number of aromatic amines is 1. The van der Waals surface area contributed by atoms with Gasteiger partial charge in [-0.3, -0.25) is 9.11 Å². The van der Waals surface area contributed by atoms with Crippen LogP contribution in [0.5, 0.6) is 0 Å². The van der Waals surface area contributed by atoms with Gasteiger partial charge in [-0.05, 0) is 13.3 Å². The second kappa shape index (κ2) is 6.96. The quantitative estimate of drug-likeness (QED) is 0.368. The summed E-state index contributed by atoms with van der Waals surface area (Å²) >= 11 is 0. The van der Waals surface area contributed by atoms with Crippen molar-refractivity contribution in [3.63, 3.8) is 0 Å². The summed E-state index contributed by atoms with van der Waals surface area (Å²) in [4.78, 5) is 3.00. The van der Waals surface area contributed by atoms with Gasteiger partial charge < -0.3 is 4.55 Å². The average Bonchev–Trinajstić information content (AvgIpc) is 2.56. The van der Waals surface area contributed by atoms with Crippen LogP contribution in [0.3, 0.4) is 0 Å². The molecule has 1 aromatic rings. The third kappa shape index (κ3) is 9.55. The number of rotatable bonds is 4. The smallest absolute Gasteiger partial charge is 0.267 e. The molecular weight excluding hydrogens is 300 g/mol.